The van der Waals surface area contributed by atoms with Crippen molar-refractivity contribution in [2.24, 2.45) is 5.73 Å². The molecule has 0 aliphatic carbocycles. The third kappa shape index (κ3) is 3.07. The number of aryl methyl sites for hydroxylation is 1. The molecular formula is C11H16N2O4. The molecule has 6 nitrogen and oxygen atoms in total. The fourth-order valence-electron chi connectivity index (χ4n) is 1.57. The van der Waals surface area contributed by atoms with Gasteiger partial charge in [-0.2, -0.15) is 0 Å². The Morgan fingerprint density at radius 1 is 1.29 bits per heavy atom. The highest BCUT2D eigenvalue weighted by atomic mass is 16.6. The van der Waals surface area contributed by atoms with Crippen LogP contribution in [0.3, 0.4) is 0 Å². The van der Waals surface area contributed by atoms with Gasteiger partial charge in [0.25, 0.3) is 5.69 Å². The molecule has 0 fully saturated rings. The van der Waals surface area contributed by atoms with E-state index in [1.54, 1.807) is 6.07 Å². The average Bonchev–Trinajstić information content (AvgIpc) is 2.34. The molecule has 0 spiro atoms. The number of nitro groups is 1. The zero-order valence-corrected chi connectivity index (χ0v) is 9.93. The second-order valence-electron chi connectivity index (χ2n) is 3.49. The van der Waals surface area contributed by atoms with Crippen LogP contribution in [-0.2, 0) is 6.42 Å². The van der Waals surface area contributed by atoms with E-state index in [0.717, 1.165) is 0 Å². The molecule has 94 valence electrons. The molecule has 0 saturated carbocycles. The topological polar surface area (TPSA) is 87.6 Å². The van der Waals surface area contributed by atoms with Gasteiger partial charge in [0.2, 0.25) is 0 Å². The van der Waals surface area contributed by atoms with Crippen molar-refractivity contribution < 1.29 is 14.4 Å². The van der Waals surface area contributed by atoms with Crippen LogP contribution < -0.4 is 15.2 Å². The fraction of sp³-hybridized carbons (Fsp3) is 0.455. The Morgan fingerprint density at radius 3 is 2.35 bits per heavy atom. The van der Waals surface area contributed by atoms with Crippen LogP contribution in [0.5, 0.6) is 11.5 Å². The van der Waals surface area contributed by atoms with E-state index in [2.05, 4.69) is 0 Å². The van der Waals surface area contributed by atoms with Gasteiger partial charge in [-0.3, -0.25) is 10.1 Å². The van der Waals surface area contributed by atoms with Gasteiger partial charge < -0.3 is 15.2 Å². The van der Waals surface area contributed by atoms with E-state index in [4.69, 9.17) is 15.2 Å². The molecule has 17 heavy (non-hydrogen) atoms. The maximum absolute atomic E-state index is 10.9. The van der Waals surface area contributed by atoms with Crippen LogP contribution in [0.4, 0.5) is 5.69 Å². The fourth-order valence-corrected chi connectivity index (χ4v) is 1.57. The summed E-state index contributed by atoms with van der Waals surface area (Å²) in [5.41, 5.74) is 6.05. The van der Waals surface area contributed by atoms with Crippen molar-refractivity contribution in [3.63, 3.8) is 0 Å². The Hall–Kier alpha value is -1.82. The van der Waals surface area contributed by atoms with Crippen LogP contribution in [0.15, 0.2) is 12.1 Å². The number of hydrogen-bond donors (Lipinski definition) is 1. The molecule has 0 bridgehead atoms. The highest BCUT2D eigenvalue weighted by Gasteiger charge is 2.18. The molecule has 0 amide bonds. The first kappa shape index (κ1) is 13.2. The highest BCUT2D eigenvalue weighted by molar-refractivity contribution is 5.54. The van der Waals surface area contributed by atoms with Gasteiger partial charge in [0.15, 0.2) is 11.5 Å². The van der Waals surface area contributed by atoms with E-state index in [-0.39, 0.29) is 5.69 Å². The molecule has 2 N–H and O–H groups in total. The predicted octanol–water partition coefficient (Wildman–Crippen LogP) is 1.50. The van der Waals surface area contributed by atoms with Gasteiger partial charge >= 0.3 is 0 Å². The summed E-state index contributed by atoms with van der Waals surface area (Å²) in [5.74, 6) is 0.848. The Labute approximate surface area is 99.5 Å². The first-order chi connectivity index (χ1) is 8.13. The molecule has 0 radical (unpaired) electrons. The smallest absolute Gasteiger partial charge is 0.276 e. The van der Waals surface area contributed by atoms with Gasteiger partial charge in [-0.25, -0.2) is 0 Å². The molecular weight excluding hydrogens is 224 g/mol. The first-order valence-corrected chi connectivity index (χ1v) is 5.23. The van der Waals surface area contributed by atoms with Gasteiger partial charge in [0, 0.05) is 5.56 Å². The quantitative estimate of drug-likeness (QED) is 0.601. The van der Waals surface area contributed by atoms with Gasteiger partial charge in [-0.1, -0.05) is 0 Å². The summed E-state index contributed by atoms with van der Waals surface area (Å²) in [7, 11) is 2.94. The molecule has 6 heteroatoms. The summed E-state index contributed by atoms with van der Waals surface area (Å²) < 4.78 is 10.1. The van der Waals surface area contributed by atoms with Gasteiger partial charge in [0.05, 0.1) is 25.2 Å². The van der Waals surface area contributed by atoms with E-state index in [1.807, 2.05) is 0 Å². The van der Waals surface area contributed by atoms with E-state index in [0.29, 0.717) is 36.4 Å². The van der Waals surface area contributed by atoms with Crippen molar-refractivity contribution in [2.45, 2.75) is 12.8 Å². The summed E-state index contributed by atoms with van der Waals surface area (Å²) in [5, 5.41) is 10.9. The lowest BCUT2D eigenvalue weighted by Gasteiger charge is -2.10. The summed E-state index contributed by atoms with van der Waals surface area (Å²) in [6.07, 6.45) is 1.24. The zero-order chi connectivity index (χ0) is 12.8. The molecule has 0 heterocycles. The number of hydrogen-bond acceptors (Lipinski definition) is 5. The Bertz CT molecular complexity index is 407. The maximum Gasteiger partial charge on any atom is 0.276 e. The number of methoxy groups -OCH3 is 2. The van der Waals surface area contributed by atoms with Crippen LogP contribution in [-0.4, -0.2) is 25.7 Å². The van der Waals surface area contributed by atoms with Gasteiger partial charge in [-0.15, -0.1) is 0 Å². The molecule has 0 atom stereocenters. The van der Waals surface area contributed by atoms with Crippen molar-refractivity contribution in [3.8, 4) is 11.5 Å². The minimum absolute atomic E-state index is 0.0381. The predicted molar refractivity (Wildman–Crippen MR) is 63.6 cm³/mol. The SMILES string of the molecule is COc1cc(CCCN)c([N+](=O)[O-])cc1OC. The van der Waals surface area contributed by atoms with E-state index < -0.39 is 4.92 Å². The number of nitrogens with zero attached hydrogens (tertiary/aromatic N) is 1. The Balaban J connectivity index is 3.19. The molecule has 0 aliphatic rings. The number of nitro benzene ring substituents is 1. The van der Waals surface area contributed by atoms with Gasteiger partial charge in [0.1, 0.15) is 0 Å². The van der Waals surface area contributed by atoms with Crippen LogP contribution in [0.1, 0.15) is 12.0 Å². The lowest BCUT2D eigenvalue weighted by molar-refractivity contribution is -0.385. The Morgan fingerprint density at radius 2 is 1.88 bits per heavy atom. The average molecular weight is 240 g/mol. The Kier molecular flexibility index (Phi) is 4.71. The minimum atomic E-state index is -0.423. The summed E-state index contributed by atoms with van der Waals surface area (Å²) in [6, 6.07) is 3.01. The van der Waals surface area contributed by atoms with Crippen molar-refractivity contribution >= 4 is 5.69 Å². The van der Waals surface area contributed by atoms with E-state index >= 15 is 0 Å². The largest absolute Gasteiger partial charge is 0.493 e. The van der Waals surface area contributed by atoms with Crippen LogP contribution >= 0.6 is 0 Å². The zero-order valence-electron chi connectivity index (χ0n) is 9.93. The molecule has 0 aromatic heterocycles. The minimum Gasteiger partial charge on any atom is -0.493 e. The molecule has 0 unspecified atom stereocenters. The number of nitrogens with two attached hydrogens (primary N) is 1. The van der Waals surface area contributed by atoms with Crippen molar-refractivity contribution in [2.75, 3.05) is 20.8 Å². The molecule has 0 aliphatic heterocycles. The second-order valence-corrected chi connectivity index (χ2v) is 3.49. The maximum atomic E-state index is 10.9. The monoisotopic (exact) mass is 240 g/mol. The third-order valence-electron chi connectivity index (χ3n) is 2.43. The molecule has 0 saturated heterocycles. The van der Waals surface area contributed by atoms with E-state index in [1.165, 1.54) is 20.3 Å². The standard InChI is InChI=1S/C11H16N2O4/c1-16-10-6-8(4-3-5-12)9(13(14)15)7-11(10)17-2/h6-7H,3-5,12H2,1-2H3. The van der Waals surface area contributed by atoms with Crippen LogP contribution in [0.25, 0.3) is 0 Å². The third-order valence-corrected chi connectivity index (χ3v) is 2.43. The lowest BCUT2D eigenvalue weighted by atomic mass is 10.1. The highest BCUT2D eigenvalue weighted by Crippen LogP contribution is 2.34. The van der Waals surface area contributed by atoms with Crippen LogP contribution in [0, 0.1) is 10.1 Å². The number of benzene rings is 1. The molecule has 1 aromatic rings. The summed E-state index contributed by atoms with van der Waals surface area (Å²) in [6.45, 7) is 0.492. The molecule has 1 rings (SSSR count). The second kappa shape index (κ2) is 6.05. The number of rotatable bonds is 6. The first-order valence-electron chi connectivity index (χ1n) is 5.23. The summed E-state index contributed by atoms with van der Waals surface area (Å²) >= 11 is 0. The normalized spacial score (nSPS) is 10.1. The summed E-state index contributed by atoms with van der Waals surface area (Å²) in [4.78, 5) is 10.5. The lowest BCUT2D eigenvalue weighted by Crippen LogP contribution is -2.03. The van der Waals surface area contributed by atoms with Gasteiger partial charge in [-0.05, 0) is 25.5 Å². The number of ether oxygens (including phenoxy) is 2. The van der Waals surface area contributed by atoms with Crippen molar-refractivity contribution in [1.29, 1.82) is 0 Å². The van der Waals surface area contributed by atoms with Crippen molar-refractivity contribution in [3.05, 3.63) is 27.8 Å². The van der Waals surface area contributed by atoms with Crippen molar-refractivity contribution in [1.82, 2.24) is 0 Å². The van der Waals surface area contributed by atoms with E-state index in [9.17, 15) is 10.1 Å². The molecule has 1 aromatic carbocycles. The van der Waals surface area contributed by atoms with Crippen LogP contribution in [0.2, 0.25) is 0 Å².